The molecular weight excluding hydrogens is 373 g/mol. The van der Waals surface area contributed by atoms with Gasteiger partial charge in [0.15, 0.2) is 0 Å². The highest BCUT2D eigenvalue weighted by Crippen LogP contribution is 2.29. The molecule has 4 rings (SSSR count). The lowest BCUT2D eigenvalue weighted by Gasteiger charge is -2.07. The number of carbonyl (C=O) groups excluding carboxylic acids is 1. The van der Waals surface area contributed by atoms with Crippen molar-refractivity contribution in [2.24, 2.45) is 0 Å². The summed E-state index contributed by atoms with van der Waals surface area (Å²) in [5, 5.41) is 5.77. The average molecular weight is 389 g/mol. The van der Waals surface area contributed by atoms with Crippen LogP contribution in [0.1, 0.15) is 5.56 Å². The van der Waals surface area contributed by atoms with E-state index < -0.39 is 0 Å². The minimum absolute atomic E-state index is 0.155. The molecule has 28 heavy (non-hydrogen) atoms. The summed E-state index contributed by atoms with van der Waals surface area (Å²) >= 11 is 1.55. The number of nitrogens with zero attached hydrogens (tertiary/aromatic N) is 2. The standard InChI is InChI=1S/C22H16FN3OS/c23-18-8-6-15(7-9-18)11-21(27)25-19-5-1-3-16(12-19)20-14-28-22(26-20)17-4-2-10-24-13-17/h1-10,12-14H,11H2,(H,25,27). The number of carbonyl (C=O) groups is 1. The smallest absolute Gasteiger partial charge is 0.228 e. The number of nitrogens with one attached hydrogen (secondary N) is 1. The highest BCUT2D eigenvalue weighted by Gasteiger charge is 2.09. The number of hydrogen-bond acceptors (Lipinski definition) is 4. The van der Waals surface area contributed by atoms with Crippen molar-refractivity contribution in [1.82, 2.24) is 9.97 Å². The summed E-state index contributed by atoms with van der Waals surface area (Å²) < 4.78 is 13.0. The maximum atomic E-state index is 13.0. The molecule has 4 nitrogen and oxygen atoms in total. The van der Waals surface area contributed by atoms with E-state index >= 15 is 0 Å². The first-order chi connectivity index (χ1) is 13.7. The lowest BCUT2D eigenvalue weighted by Crippen LogP contribution is -2.14. The number of amides is 1. The second-order valence-corrected chi connectivity index (χ2v) is 7.07. The van der Waals surface area contributed by atoms with Gasteiger partial charge in [0.05, 0.1) is 12.1 Å². The number of anilines is 1. The second-order valence-electron chi connectivity index (χ2n) is 6.21. The first-order valence-corrected chi connectivity index (χ1v) is 9.56. The van der Waals surface area contributed by atoms with Crippen LogP contribution >= 0.6 is 11.3 Å². The molecule has 0 radical (unpaired) electrons. The Kier molecular flexibility index (Phi) is 5.21. The van der Waals surface area contributed by atoms with E-state index in [9.17, 15) is 9.18 Å². The van der Waals surface area contributed by atoms with Gasteiger partial charge in [0.2, 0.25) is 5.91 Å². The van der Waals surface area contributed by atoms with Crippen LogP contribution in [0.15, 0.2) is 78.4 Å². The van der Waals surface area contributed by atoms with Crippen molar-refractivity contribution < 1.29 is 9.18 Å². The van der Waals surface area contributed by atoms with Crippen LogP contribution in [0.25, 0.3) is 21.8 Å². The van der Waals surface area contributed by atoms with Gasteiger partial charge in [0.1, 0.15) is 10.8 Å². The summed E-state index contributed by atoms with van der Waals surface area (Å²) in [5.74, 6) is -0.469. The van der Waals surface area contributed by atoms with E-state index in [0.29, 0.717) is 5.69 Å². The van der Waals surface area contributed by atoms with E-state index in [4.69, 9.17) is 0 Å². The Morgan fingerprint density at radius 3 is 2.64 bits per heavy atom. The van der Waals surface area contributed by atoms with E-state index in [-0.39, 0.29) is 18.1 Å². The van der Waals surface area contributed by atoms with Crippen molar-refractivity contribution in [3.8, 4) is 21.8 Å². The van der Waals surface area contributed by atoms with Gasteiger partial charge in [-0.05, 0) is 42.0 Å². The monoisotopic (exact) mass is 389 g/mol. The second kappa shape index (κ2) is 8.10. The number of aromatic nitrogens is 2. The van der Waals surface area contributed by atoms with Gasteiger partial charge in [-0.3, -0.25) is 9.78 Å². The molecule has 1 N–H and O–H groups in total. The highest BCUT2D eigenvalue weighted by atomic mass is 32.1. The molecule has 0 fully saturated rings. The van der Waals surface area contributed by atoms with Crippen molar-refractivity contribution in [3.05, 3.63) is 89.8 Å². The first kappa shape index (κ1) is 18.0. The van der Waals surface area contributed by atoms with Crippen LogP contribution in [0.4, 0.5) is 10.1 Å². The zero-order valence-electron chi connectivity index (χ0n) is 14.8. The van der Waals surface area contributed by atoms with E-state index in [1.165, 1.54) is 12.1 Å². The number of pyridine rings is 1. The van der Waals surface area contributed by atoms with Gasteiger partial charge in [0.25, 0.3) is 0 Å². The van der Waals surface area contributed by atoms with Crippen molar-refractivity contribution in [1.29, 1.82) is 0 Å². The summed E-state index contributed by atoms with van der Waals surface area (Å²) in [6, 6.07) is 17.3. The molecule has 0 atom stereocenters. The maximum Gasteiger partial charge on any atom is 0.228 e. The van der Waals surface area contributed by atoms with Crippen LogP contribution in [-0.4, -0.2) is 15.9 Å². The van der Waals surface area contributed by atoms with Crippen LogP contribution in [0.5, 0.6) is 0 Å². The summed E-state index contributed by atoms with van der Waals surface area (Å²) in [6.07, 6.45) is 3.71. The SMILES string of the molecule is O=C(Cc1ccc(F)cc1)Nc1cccc(-c2csc(-c3cccnc3)n2)c1. The summed E-state index contributed by atoms with van der Waals surface area (Å²) in [4.78, 5) is 21.1. The Morgan fingerprint density at radius 1 is 1.04 bits per heavy atom. The number of hydrogen-bond donors (Lipinski definition) is 1. The van der Waals surface area contributed by atoms with Gasteiger partial charge in [-0.2, -0.15) is 0 Å². The summed E-state index contributed by atoms with van der Waals surface area (Å²) in [5.41, 5.74) is 4.20. The lowest BCUT2D eigenvalue weighted by molar-refractivity contribution is -0.115. The van der Waals surface area contributed by atoms with Crippen molar-refractivity contribution in [3.63, 3.8) is 0 Å². The van der Waals surface area contributed by atoms with Crippen molar-refractivity contribution in [2.45, 2.75) is 6.42 Å². The van der Waals surface area contributed by atoms with Gasteiger partial charge < -0.3 is 5.32 Å². The number of rotatable bonds is 5. The Hall–Kier alpha value is -3.38. The third-order valence-electron chi connectivity index (χ3n) is 4.13. The molecule has 0 aliphatic heterocycles. The molecule has 0 aliphatic rings. The molecule has 138 valence electrons. The van der Waals surface area contributed by atoms with Crippen LogP contribution in [0.3, 0.4) is 0 Å². The fourth-order valence-electron chi connectivity index (χ4n) is 2.78. The summed E-state index contributed by atoms with van der Waals surface area (Å²) in [6.45, 7) is 0. The molecule has 1 amide bonds. The van der Waals surface area contributed by atoms with Gasteiger partial charge in [0, 0.05) is 34.6 Å². The molecular formula is C22H16FN3OS. The topological polar surface area (TPSA) is 54.9 Å². The van der Waals surface area contributed by atoms with Crippen LogP contribution in [0.2, 0.25) is 0 Å². The van der Waals surface area contributed by atoms with E-state index in [1.54, 1.807) is 35.9 Å². The molecule has 0 aliphatic carbocycles. The quantitative estimate of drug-likeness (QED) is 0.511. The molecule has 0 unspecified atom stereocenters. The highest BCUT2D eigenvalue weighted by molar-refractivity contribution is 7.13. The molecule has 2 aromatic carbocycles. The molecule has 4 aromatic rings. The van der Waals surface area contributed by atoms with Gasteiger partial charge in [-0.1, -0.05) is 24.3 Å². The Balaban J connectivity index is 1.48. The Labute approximate surface area is 165 Å². The van der Waals surface area contributed by atoms with E-state index in [1.807, 2.05) is 41.8 Å². The third-order valence-corrected chi connectivity index (χ3v) is 5.02. The number of benzene rings is 2. The van der Waals surface area contributed by atoms with Crippen molar-refractivity contribution >= 4 is 22.9 Å². The maximum absolute atomic E-state index is 13.0. The van der Waals surface area contributed by atoms with Crippen LogP contribution < -0.4 is 5.32 Å². The third kappa shape index (κ3) is 4.29. The first-order valence-electron chi connectivity index (χ1n) is 8.68. The Morgan fingerprint density at radius 2 is 1.86 bits per heavy atom. The fraction of sp³-hybridized carbons (Fsp3) is 0.0455. The van der Waals surface area contributed by atoms with Crippen LogP contribution in [0, 0.1) is 5.82 Å². The van der Waals surface area contributed by atoms with Gasteiger partial charge in [-0.15, -0.1) is 11.3 Å². The molecule has 0 bridgehead atoms. The zero-order chi connectivity index (χ0) is 19.3. The largest absolute Gasteiger partial charge is 0.326 e. The van der Waals surface area contributed by atoms with E-state index in [2.05, 4.69) is 15.3 Å². The van der Waals surface area contributed by atoms with Gasteiger partial charge in [-0.25, -0.2) is 9.37 Å². The zero-order valence-corrected chi connectivity index (χ0v) is 15.6. The average Bonchev–Trinajstić information content (AvgIpc) is 3.21. The minimum Gasteiger partial charge on any atom is -0.326 e. The fourth-order valence-corrected chi connectivity index (χ4v) is 3.60. The molecule has 0 spiro atoms. The molecule has 0 saturated carbocycles. The molecule has 6 heteroatoms. The number of thiazole rings is 1. The van der Waals surface area contributed by atoms with Crippen LogP contribution in [-0.2, 0) is 11.2 Å². The normalized spacial score (nSPS) is 10.6. The summed E-state index contributed by atoms with van der Waals surface area (Å²) in [7, 11) is 0. The number of halogens is 1. The molecule has 2 aromatic heterocycles. The lowest BCUT2D eigenvalue weighted by atomic mass is 10.1. The van der Waals surface area contributed by atoms with E-state index in [0.717, 1.165) is 27.4 Å². The molecule has 0 saturated heterocycles. The predicted molar refractivity (Wildman–Crippen MR) is 110 cm³/mol. The predicted octanol–water partition coefficient (Wildman–Crippen LogP) is 5.19. The van der Waals surface area contributed by atoms with Gasteiger partial charge >= 0.3 is 0 Å². The van der Waals surface area contributed by atoms with Crippen molar-refractivity contribution in [2.75, 3.05) is 5.32 Å². The Bertz CT molecular complexity index is 1090. The molecule has 2 heterocycles. The minimum atomic E-state index is -0.314.